The van der Waals surface area contributed by atoms with Gasteiger partial charge in [0.2, 0.25) is 0 Å². The maximum Gasteiger partial charge on any atom is 0.407 e. The lowest BCUT2D eigenvalue weighted by Gasteiger charge is -2.19. The van der Waals surface area contributed by atoms with E-state index in [-0.39, 0.29) is 0 Å². The Bertz CT molecular complexity index is 252. The summed E-state index contributed by atoms with van der Waals surface area (Å²) in [5, 5.41) is 2.60. The maximum absolute atomic E-state index is 11.3. The van der Waals surface area contributed by atoms with Crippen molar-refractivity contribution in [3.05, 3.63) is 0 Å². The van der Waals surface area contributed by atoms with Crippen LogP contribution in [0.25, 0.3) is 0 Å². The normalized spacial score (nSPS) is 11.4. The van der Waals surface area contributed by atoms with Crippen molar-refractivity contribution in [2.75, 3.05) is 39.6 Å². The molecule has 0 atom stereocenters. The van der Waals surface area contributed by atoms with Crippen molar-refractivity contribution >= 4 is 41.4 Å². The fourth-order valence-electron chi connectivity index (χ4n) is 1.01. The molecule has 120 valence electrons. The van der Waals surface area contributed by atoms with E-state index in [1.807, 2.05) is 20.8 Å². The zero-order chi connectivity index (χ0) is 15.3. The first-order valence-electron chi connectivity index (χ1n) is 6.15. The van der Waals surface area contributed by atoms with E-state index in [1.54, 1.807) is 23.0 Å². The molecule has 9 heteroatoms. The molecule has 7 nitrogen and oxygen atoms in total. The Labute approximate surface area is 138 Å². The standard InChI is InChI=1S/C11H22INO6S/c1-11(2,3)18-10(14)13-4-5-15-6-7-16-8-9-17-20-19-12/h4-9H2,1-3H3,(H,13,14). The number of amides is 1. The van der Waals surface area contributed by atoms with Gasteiger partial charge >= 0.3 is 6.09 Å². The molecule has 0 aromatic rings. The molecule has 0 aromatic carbocycles. The first kappa shape index (κ1) is 20.2. The summed E-state index contributed by atoms with van der Waals surface area (Å²) in [5.41, 5.74) is -0.485. The topological polar surface area (TPSA) is 75.3 Å². The zero-order valence-corrected chi connectivity index (χ0v) is 15.0. The Morgan fingerprint density at radius 1 is 1.10 bits per heavy atom. The van der Waals surface area contributed by atoms with E-state index >= 15 is 0 Å². The van der Waals surface area contributed by atoms with Crippen molar-refractivity contribution in [2.24, 2.45) is 0 Å². The monoisotopic (exact) mass is 423 g/mol. The van der Waals surface area contributed by atoms with Crippen LogP contribution in [-0.2, 0) is 20.9 Å². The van der Waals surface area contributed by atoms with Crippen molar-refractivity contribution in [1.29, 1.82) is 0 Å². The van der Waals surface area contributed by atoms with Gasteiger partial charge in [-0.2, -0.15) is 0 Å². The van der Waals surface area contributed by atoms with Gasteiger partial charge in [0.1, 0.15) is 28.6 Å². The summed E-state index contributed by atoms with van der Waals surface area (Å²) in [5.74, 6) is 0. The molecular formula is C11H22INO6S. The predicted molar refractivity (Wildman–Crippen MR) is 84.5 cm³/mol. The van der Waals surface area contributed by atoms with Crippen molar-refractivity contribution in [2.45, 2.75) is 26.4 Å². The molecule has 0 unspecified atom stereocenters. The van der Waals surface area contributed by atoms with Crippen LogP contribution in [0.5, 0.6) is 0 Å². The molecule has 0 radical (unpaired) electrons. The number of rotatable bonds is 11. The van der Waals surface area contributed by atoms with Gasteiger partial charge in [-0.05, 0) is 20.8 Å². The average molecular weight is 423 g/mol. The van der Waals surface area contributed by atoms with Crippen LogP contribution in [0, 0.1) is 0 Å². The van der Waals surface area contributed by atoms with Gasteiger partial charge in [-0.25, -0.2) is 7.31 Å². The van der Waals surface area contributed by atoms with Crippen LogP contribution in [-0.4, -0.2) is 51.3 Å². The number of carbonyl (C=O) groups excluding carboxylic acids is 1. The molecular weight excluding hydrogens is 401 g/mol. The summed E-state index contributed by atoms with van der Waals surface area (Å²) in [6.45, 7) is 8.13. The van der Waals surface area contributed by atoms with Gasteiger partial charge in [-0.3, -0.25) is 4.18 Å². The van der Waals surface area contributed by atoms with Crippen molar-refractivity contribution in [3.63, 3.8) is 0 Å². The SMILES string of the molecule is CC(C)(C)OC(=O)NCCOCCOCCOSOI. The molecule has 0 aliphatic rings. The molecule has 0 heterocycles. The van der Waals surface area contributed by atoms with Gasteiger partial charge in [0.05, 0.1) is 33.0 Å². The molecule has 0 saturated carbocycles. The van der Waals surface area contributed by atoms with Crippen molar-refractivity contribution < 1.29 is 25.7 Å². The van der Waals surface area contributed by atoms with Crippen LogP contribution >= 0.6 is 35.3 Å². The molecule has 0 aliphatic carbocycles. The van der Waals surface area contributed by atoms with Crippen molar-refractivity contribution in [3.8, 4) is 0 Å². The molecule has 1 amide bonds. The quantitative estimate of drug-likeness (QED) is 0.311. The second-order valence-corrected chi connectivity index (χ2v) is 6.18. The number of alkyl carbamates (subject to hydrolysis) is 1. The average Bonchev–Trinajstić information content (AvgIpc) is 2.34. The smallest absolute Gasteiger partial charge is 0.407 e. The fraction of sp³-hybridized carbons (Fsp3) is 0.909. The Morgan fingerprint density at radius 2 is 1.70 bits per heavy atom. The van der Waals surface area contributed by atoms with Crippen LogP contribution < -0.4 is 5.32 Å². The number of nitrogens with one attached hydrogen (secondary N) is 1. The van der Waals surface area contributed by atoms with Gasteiger partial charge in [0, 0.05) is 6.54 Å². The third kappa shape index (κ3) is 16.2. The predicted octanol–water partition coefficient (Wildman–Crippen LogP) is 2.49. The van der Waals surface area contributed by atoms with Crippen LogP contribution in [0.4, 0.5) is 4.79 Å². The first-order chi connectivity index (χ1) is 9.45. The summed E-state index contributed by atoms with van der Waals surface area (Å²) < 4.78 is 25.1. The summed E-state index contributed by atoms with van der Waals surface area (Å²) in [6, 6.07) is 0. The Morgan fingerprint density at radius 3 is 2.30 bits per heavy atom. The molecule has 0 fully saturated rings. The summed E-state index contributed by atoms with van der Waals surface area (Å²) in [6.07, 6.45) is -0.440. The van der Waals surface area contributed by atoms with E-state index in [0.717, 1.165) is 12.3 Å². The Kier molecular flexibility index (Phi) is 13.0. The number of hydrogen-bond donors (Lipinski definition) is 1. The second kappa shape index (κ2) is 12.9. The second-order valence-electron chi connectivity index (χ2n) is 4.61. The third-order valence-corrected chi connectivity index (χ3v) is 2.43. The Balaban J connectivity index is 3.19. The molecule has 20 heavy (non-hydrogen) atoms. The minimum Gasteiger partial charge on any atom is -0.444 e. The zero-order valence-electron chi connectivity index (χ0n) is 12.0. The van der Waals surface area contributed by atoms with Gasteiger partial charge in [-0.1, -0.05) is 0 Å². The maximum atomic E-state index is 11.3. The first-order valence-corrected chi connectivity index (χ1v) is 7.69. The van der Waals surface area contributed by atoms with E-state index in [0.29, 0.717) is 39.6 Å². The van der Waals surface area contributed by atoms with Gasteiger partial charge in [0.15, 0.2) is 12.3 Å². The molecule has 0 rings (SSSR count). The lowest BCUT2D eigenvalue weighted by Crippen LogP contribution is -2.34. The van der Waals surface area contributed by atoms with Crippen LogP contribution in [0.3, 0.4) is 0 Å². The highest BCUT2D eigenvalue weighted by Gasteiger charge is 2.15. The molecule has 0 aliphatic heterocycles. The third-order valence-electron chi connectivity index (χ3n) is 1.67. The van der Waals surface area contributed by atoms with Gasteiger partial charge < -0.3 is 19.5 Å². The summed E-state index contributed by atoms with van der Waals surface area (Å²) in [4.78, 5) is 11.3. The molecule has 1 N–H and O–H groups in total. The van der Waals surface area contributed by atoms with Crippen LogP contribution in [0.2, 0.25) is 0 Å². The van der Waals surface area contributed by atoms with E-state index in [2.05, 4.69) is 7.83 Å². The lowest BCUT2D eigenvalue weighted by molar-refractivity contribution is 0.0340. The number of ether oxygens (including phenoxy) is 3. The molecule has 0 spiro atoms. The Hall–Kier alpha value is 0.190. The van der Waals surface area contributed by atoms with Crippen molar-refractivity contribution in [1.82, 2.24) is 5.32 Å². The van der Waals surface area contributed by atoms with E-state index in [1.165, 1.54) is 0 Å². The van der Waals surface area contributed by atoms with Crippen LogP contribution in [0.1, 0.15) is 20.8 Å². The van der Waals surface area contributed by atoms with E-state index < -0.39 is 11.7 Å². The lowest BCUT2D eigenvalue weighted by atomic mass is 10.2. The summed E-state index contributed by atoms with van der Waals surface area (Å²) >= 11 is 2.64. The van der Waals surface area contributed by atoms with E-state index in [4.69, 9.17) is 18.4 Å². The summed E-state index contributed by atoms with van der Waals surface area (Å²) in [7, 11) is 0. The highest BCUT2D eigenvalue weighted by molar-refractivity contribution is 14.1. The minimum absolute atomic E-state index is 0.404. The van der Waals surface area contributed by atoms with Crippen LogP contribution in [0.15, 0.2) is 0 Å². The number of halogens is 1. The highest BCUT2D eigenvalue weighted by atomic mass is 127. The minimum atomic E-state index is -0.485. The fourth-order valence-corrected chi connectivity index (χ4v) is 1.49. The number of carbonyl (C=O) groups is 1. The molecule has 0 aromatic heterocycles. The van der Waals surface area contributed by atoms with E-state index in [9.17, 15) is 4.79 Å². The molecule has 0 saturated heterocycles. The van der Waals surface area contributed by atoms with Gasteiger partial charge in [-0.15, -0.1) is 0 Å². The largest absolute Gasteiger partial charge is 0.444 e. The highest BCUT2D eigenvalue weighted by Crippen LogP contribution is 2.08. The number of hydrogen-bond acceptors (Lipinski definition) is 7. The van der Waals surface area contributed by atoms with Gasteiger partial charge in [0.25, 0.3) is 0 Å². The molecule has 0 bridgehead atoms.